The lowest BCUT2D eigenvalue weighted by atomic mass is 10.1. The molecule has 0 amide bonds. The van der Waals surface area contributed by atoms with Crippen LogP contribution < -0.4 is 10.5 Å². The first-order chi connectivity index (χ1) is 6.27. The van der Waals surface area contributed by atoms with Crippen molar-refractivity contribution in [2.75, 3.05) is 19.5 Å². The molecule has 0 bridgehead atoms. The molecule has 0 heterocycles. The molecule has 1 aromatic carbocycles. The normalized spacial score (nSPS) is 10.6. The summed E-state index contributed by atoms with van der Waals surface area (Å²) in [5.74, 6) is 0.735. The van der Waals surface area contributed by atoms with Crippen LogP contribution in [0.4, 0.5) is 5.69 Å². The summed E-state index contributed by atoms with van der Waals surface area (Å²) in [5, 5.41) is 8.57. The van der Waals surface area contributed by atoms with Gasteiger partial charge in [0.25, 0.3) is 0 Å². The SMILES string of the molecule is COc1ccc(C=CCO)c(N)c1. The molecular formula is C10H13NO2. The molecule has 0 aliphatic rings. The van der Waals surface area contributed by atoms with Gasteiger partial charge in [0.15, 0.2) is 0 Å². The maximum Gasteiger partial charge on any atom is 0.120 e. The average Bonchev–Trinajstić information content (AvgIpc) is 2.16. The fourth-order valence-corrected chi connectivity index (χ4v) is 1.01. The second-order valence-corrected chi connectivity index (χ2v) is 2.58. The maximum atomic E-state index is 8.57. The van der Waals surface area contributed by atoms with E-state index in [0.717, 1.165) is 11.3 Å². The number of ether oxygens (including phenoxy) is 1. The summed E-state index contributed by atoms with van der Waals surface area (Å²) in [4.78, 5) is 0. The van der Waals surface area contributed by atoms with Gasteiger partial charge >= 0.3 is 0 Å². The Hall–Kier alpha value is -1.48. The molecule has 0 aliphatic carbocycles. The predicted octanol–water partition coefficient (Wildman–Crippen LogP) is 1.28. The van der Waals surface area contributed by atoms with Crippen molar-refractivity contribution in [1.82, 2.24) is 0 Å². The molecule has 0 spiro atoms. The van der Waals surface area contributed by atoms with E-state index >= 15 is 0 Å². The largest absolute Gasteiger partial charge is 0.497 e. The number of aliphatic hydroxyl groups excluding tert-OH is 1. The molecule has 0 aromatic heterocycles. The summed E-state index contributed by atoms with van der Waals surface area (Å²) in [6.45, 7) is 0.0193. The fraction of sp³-hybridized carbons (Fsp3) is 0.200. The van der Waals surface area contributed by atoms with E-state index in [1.807, 2.05) is 12.1 Å². The first-order valence-corrected chi connectivity index (χ1v) is 3.99. The molecule has 3 nitrogen and oxygen atoms in total. The third kappa shape index (κ3) is 2.49. The quantitative estimate of drug-likeness (QED) is 0.687. The highest BCUT2D eigenvalue weighted by molar-refractivity contribution is 5.66. The number of nitrogen functional groups attached to an aromatic ring is 1. The number of hydrogen-bond acceptors (Lipinski definition) is 3. The van der Waals surface area contributed by atoms with E-state index in [2.05, 4.69) is 0 Å². The molecule has 3 N–H and O–H groups in total. The summed E-state index contributed by atoms with van der Waals surface area (Å²) in [7, 11) is 1.60. The minimum Gasteiger partial charge on any atom is -0.497 e. The van der Waals surface area contributed by atoms with Crippen molar-refractivity contribution in [3.8, 4) is 5.75 Å². The van der Waals surface area contributed by atoms with Crippen LogP contribution in [0.5, 0.6) is 5.75 Å². The Bertz CT molecular complexity index is 308. The molecule has 0 aliphatic heterocycles. The molecule has 1 aromatic rings. The van der Waals surface area contributed by atoms with Gasteiger partial charge in [-0.05, 0) is 17.7 Å². The molecule has 13 heavy (non-hydrogen) atoms. The number of hydrogen-bond donors (Lipinski definition) is 2. The van der Waals surface area contributed by atoms with Gasteiger partial charge in [0.05, 0.1) is 13.7 Å². The van der Waals surface area contributed by atoms with Crippen LogP contribution in [0.3, 0.4) is 0 Å². The van der Waals surface area contributed by atoms with Crippen LogP contribution in [0.2, 0.25) is 0 Å². The van der Waals surface area contributed by atoms with Crippen molar-refractivity contribution >= 4 is 11.8 Å². The van der Waals surface area contributed by atoms with Crippen LogP contribution in [0.15, 0.2) is 24.3 Å². The van der Waals surface area contributed by atoms with Crippen molar-refractivity contribution in [1.29, 1.82) is 0 Å². The zero-order valence-corrected chi connectivity index (χ0v) is 7.53. The Labute approximate surface area is 77.4 Å². The van der Waals surface area contributed by atoms with Gasteiger partial charge in [-0.2, -0.15) is 0 Å². The fourth-order valence-electron chi connectivity index (χ4n) is 1.01. The summed E-state index contributed by atoms with van der Waals surface area (Å²) in [5.41, 5.74) is 7.25. The monoisotopic (exact) mass is 179 g/mol. The molecule has 0 saturated carbocycles. The van der Waals surface area contributed by atoms with Gasteiger partial charge in [-0.25, -0.2) is 0 Å². The van der Waals surface area contributed by atoms with Crippen molar-refractivity contribution in [3.63, 3.8) is 0 Å². The number of rotatable bonds is 3. The summed E-state index contributed by atoms with van der Waals surface area (Å²) in [6, 6.07) is 5.42. The Kier molecular flexibility index (Phi) is 3.34. The van der Waals surface area contributed by atoms with Gasteiger partial charge in [0, 0.05) is 11.8 Å². The lowest BCUT2D eigenvalue weighted by Crippen LogP contribution is -1.91. The van der Waals surface area contributed by atoms with E-state index in [1.54, 1.807) is 25.3 Å². The number of methoxy groups -OCH3 is 1. The zero-order valence-electron chi connectivity index (χ0n) is 7.53. The van der Waals surface area contributed by atoms with Crippen molar-refractivity contribution in [2.24, 2.45) is 0 Å². The molecule has 3 heteroatoms. The summed E-state index contributed by atoms with van der Waals surface area (Å²) in [6.07, 6.45) is 3.41. The van der Waals surface area contributed by atoms with E-state index < -0.39 is 0 Å². The molecule has 0 saturated heterocycles. The zero-order chi connectivity index (χ0) is 9.68. The molecule has 70 valence electrons. The van der Waals surface area contributed by atoms with E-state index in [0.29, 0.717) is 5.69 Å². The van der Waals surface area contributed by atoms with Gasteiger partial charge in [-0.15, -0.1) is 0 Å². The molecule has 1 rings (SSSR count). The van der Waals surface area contributed by atoms with Gasteiger partial charge in [-0.1, -0.05) is 12.2 Å². The molecule has 0 radical (unpaired) electrons. The van der Waals surface area contributed by atoms with Crippen LogP contribution in [-0.4, -0.2) is 18.8 Å². The maximum absolute atomic E-state index is 8.57. The van der Waals surface area contributed by atoms with Crippen LogP contribution in [0, 0.1) is 0 Å². The molecular weight excluding hydrogens is 166 g/mol. The smallest absolute Gasteiger partial charge is 0.120 e. The molecule has 0 atom stereocenters. The van der Waals surface area contributed by atoms with Crippen molar-refractivity contribution in [2.45, 2.75) is 0 Å². The second-order valence-electron chi connectivity index (χ2n) is 2.58. The Morgan fingerprint density at radius 2 is 2.31 bits per heavy atom. The van der Waals surface area contributed by atoms with Crippen LogP contribution in [0.1, 0.15) is 5.56 Å². The van der Waals surface area contributed by atoms with Crippen LogP contribution in [0.25, 0.3) is 6.08 Å². The van der Waals surface area contributed by atoms with E-state index in [9.17, 15) is 0 Å². The van der Waals surface area contributed by atoms with Crippen LogP contribution >= 0.6 is 0 Å². The highest BCUT2D eigenvalue weighted by Crippen LogP contribution is 2.20. The van der Waals surface area contributed by atoms with Crippen LogP contribution in [-0.2, 0) is 0 Å². The highest BCUT2D eigenvalue weighted by atomic mass is 16.5. The van der Waals surface area contributed by atoms with E-state index in [4.69, 9.17) is 15.6 Å². The Morgan fingerprint density at radius 3 is 2.85 bits per heavy atom. The Balaban J connectivity index is 2.91. The second kappa shape index (κ2) is 4.52. The molecule has 0 unspecified atom stereocenters. The average molecular weight is 179 g/mol. The topological polar surface area (TPSA) is 55.5 Å². The lowest BCUT2D eigenvalue weighted by molar-refractivity contribution is 0.343. The minimum absolute atomic E-state index is 0.0193. The summed E-state index contributed by atoms with van der Waals surface area (Å²) >= 11 is 0. The Morgan fingerprint density at radius 1 is 1.54 bits per heavy atom. The van der Waals surface area contributed by atoms with Crippen molar-refractivity contribution in [3.05, 3.63) is 29.8 Å². The van der Waals surface area contributed by atoms with Gasteiger partial charge in [-0.3, -0.25) is 0 Å². The van der Waals surface area contributed by atoms with Gasteiger partial charge in [0.2, 0.25) is 0 Å². The standard InChI is InChI=1S/C10H13NO2/c1-13-9-5-4-8(3-2-6-12)10(11)7-9/h2-5,7,12H,6,11H2,1H3. The predicted molar refractivity (Wildman–Crippen MR) is 53.5 cm³/mol. The number of aliphatic hydroxyl groups is 1. The number of anilines is 1. The summed E-state index contributed by atoms with van der Waals surface area (Å²) < 4.78 is 5.00. The third-order valence-corrected chi connectivity index (χ3v) is 1.70. The minimum atomic E-state index is 0.0193. The highest BCUT2D eigenvalue weighted by Gasteiger charge is 1.96. The van der Waals surface area contributed by atoms with Gasteiger partial charge < -0.3 is 15.6 Å². The van der Waals surface area contributed by atoms with Gasteiger partial charge in [0.1, 0.15) is 5.75 Å². The number of benzene rings is 1. The van der Waals surface area contributed by atoms with Crippen molar-refractivity contribution < 1.29 is 9.84 Å². The lowest BCUT2D eigenvalue weighted by Gasteiger charge is -2.03. The first kappa shape index (κ1) is 9.61. The van der Waals surface area contributed by atoms with E-state index in [-0.39, 0.29) is 6.61 Å². The van der Waals surface area contributed by atoms with E-state index in [1.165, 1.54) is 0 Å². The number of nitrogens with two attached hydrogens (primary N) is 1. The first-order valence-electron chi connectivity index (χ1n) is 3.99. The molecule has 0 fully saturated rings. The third-order valence-electron chi connectivity index (χ3n) is 1.70.